The zero-order chi connectivity index (χ0) is 15.4. The molecule has 0 aromatic heterocycles. The highest BCUT2D eigenvalue weighted by atomic mass is 35.5. The van der Waals surface area contributed by atoms with E-state index in [9.17, 15) is 24.8 Å². The van der Waals surface area contributed by atoms with Crippen molar-refractivity contribution in [2.24, 2.45) is 0 Å². The number of carboxylic acid groups (broad SMARTS) is 1. The number of carbonyl (C=O) groups is 2. The minimum absolute atomic E-state index is 0.244. The maximum atomic E-state index is 11.9. The molecule has 1 aromatic rings. The SMILES string of the molecule is CC(O)C(NC(=O)c1cccc(Cl)c1[N+](=O)[O-])C(=O)O. The van der Waals surface area contributed by atoms with Crippen molar-refractivity contribution in [3.8, 4) is 0 Å². The summed E-state index contributed by atoms with van der Waals surface area (Å²) < 4.78 is 0. The molecule has 0 saturated heterocycles. The quantitative estimate of drug-likeness (QED) is 0.545. The standard InChI is InChI=1S/C11H11ClN2O6/c1-5(15)8(11(17)18)13-10(16)6-3-2-4-7(12)9(6)14(19)20/h2-5,8,15H,1H3,(H,13,16)(H,17,18). The average molecular weight is 303 g/mol. The molecular weight excluding hydrogens is 292 g/mol. The van der Waals surface area contributed by atoms with Gasteiger partial charge in [0.25, 0.3) is 5.91 Å². The summed E-state index contributed by atoms with van der Waals surface area (Å²) >= 11 is 5.64. The number of rotatable bonds is 5. The lowest BCUT2D eigenvalue weighted by atomic mass is 10.1. The molecule has 0 spiro atoms. The minimum Gasteiger partial charge on any atom is -0.480 e. The van der Waals surface area contributed by atoms with Crippen LogP contribution in [0.3, 0.4) is 0 Å². The van der Waals surface area contributed by atoms with E-state index in [1.165, 1.54) is 19.1 Å². The third kappa shape index (κ3) is 3.43. The Morgan fingerprint density at radius 2 is 2.05 bits per heavy atom. The number of hydrogen-bond acceptors (Lipinski definition) is 5. The molecule has 108 valence electrons. The van der Waals surface area contributed by atoms with E-state index in [1.54, 1.807) is 0 Å². The number of nitro groups is 1. The second-order valence-electron chi connectivity index (χ2n) is 3.92. The average Bonchev–Trinajstić information content (AvgIpc) is 2.33. The number of aliphatic carboxylic acids is 1. The minimum atomic E-state index is -1.58. The zero-order valence-corrected chi connectivity index (χ0v) is 11.0. The fourth-order valence-electron chi connectivity index (χ4n) is 1.49. The third-order valence-electron chi connectivity index (χ3n) is 2.45. The lowest BCUT2D eigenvalue weighted by Gasteiger charge is -2.17. The van der Waals surface area contributed by atoms with E-state index in [4.69, 9.17) is 16.7 Å². The Bertz CT molecular complexity index is 560. The molecule has 2 unspecified atom stereocenters. The summed E-state index contributed by atoms with van der Waals surface area (Å²) in [4.78, 5) is 32.8. The number of nitro benzene ring substituents is 1. The van der Waals surface area contributed by atoms with Crippen LogP contribution in [0.1, 0.15) is 17.3 Å². The smallest absolute Gasteiger partial charge is 0.328 e. The number of aliphatic hydroxyl groups is 1. The van der Waals surface area contributed by atoms with Crippen LogP contribution in [0, 0.1) is 10.1 Å². The molecular formula is C11H11ClN2O6. The number of hydrogen-bond donors (Lipinski definition) is 3. The normalized spacial score (nSPS) is 13.3. The van der Waals surface area contributed by atoms with Crippen LogP contribution in [0.5, 0.6) is 0 Å². The van der Waals surface area contributed by atoms with Crippen molar-refractivity contribution < 1.29 is 24.7 Å². The van der Waals surface area contributed by atoms with Crippen LogP contribution in [0.4, 0.5) is 5.69 Å². The monoisotopic (exact) mass is 302 g/mol. The Labute approximate surface area is 118 Å². The first kappa shape index (κ1) is 15.9. The number of carboxylic acids is 1. The Kier molecular flexibility index (Phi) is 5.00. The molecule has 0 saturated carbocycles. The van der Waals surface area contributed by atoms with E-state index < -0.39 is 34.6 Å². The van der Waals surface area contributed by atoms with Gasteiger partial charge in [-0.1, -0.05) is 17.7 Å². The largest absolute Gasteiger partial charge is 0.480 e. The first-order chi connectivity index (χ1) is 9.25. The van der Waals surface area contributed by atoms with Crippen LogP contribution in [0.15, 0.2) is 18.2 Å². The van der Waals surface area contributed by atoms with Crippen LogP contribution < -0.4 is 5.32 Å². The van der Waals surface area contributed by atoms with E-state index in [0.29, 0.717) is 0 Å². The number of halogens is 1. The van der Waals surface area contributed by atoms with Gasteiger partial charge < -0.3 is 15.5 Å². The third-order valence-corrected chi connectivity index (χ3v) is 2.75. The highest BCUT2D eigenvalue weighted by Crippen LogP contribution is 2.28. The summed E-state index contributed by atoms with van der Waals surface area (Å²) in [6, 6.07) is 2.11. The van der Waals surface area contributed by atoms with Gasteiger partial charge in [0, 0.05) is 0 Å². The molecule has 1 rings (SSSR count). The molecule has 0 aliphatic heterocycles. The molecule has 9 heteroatoms. The molecule has 0 heterocycles. The van der Waals surface area contributed by atoms with Crippen LogP contribution >= 0.6 is 11.6 Å². The van der Waals surface area contributed by atoms with Crippen molar-refractivity contribution in [1.29, 1.82) is 0 Å². The summed E-state index contributed by atoms with van der Waals surface area (Å²) in [5, 5.41) is 30.7. The Hall–Kier alpha value is -2.19. The summed E-state index contributed by atoms with van der Waals surface area (Å²) in [5.41, 5.74) is -1.00. The molecule has 1 amide bonds. The van der Waals surface area contributed by atoms with E-state index in [2.05, 4.69) is 0 Å². The number of benzene rings is 1. The number of nitrogens with one attached hydrogen (secondary N) is 1. The molecule has 1 aromatic carbocycles. The molecule has 0 radical (unpaired) electrons. The summed E-state index contributed by atoms with van der Waals surface area (Å²) in [6.45, 7) is 1.17. The van der Waals surface area contributed by atoms with Gasteiger partial charge in [0.15, 0.2) is 6.04 Å². The van der Waals surface area contributed by atoms with Crippen LogP contribution in [0.25, 0.3) is 0 Å². The Morgan fingerprint density at radius 3 is 2.50 bits per heavy atom. The number of carbonyl (C=O) groups excluding carboxylic acids is 1. The zero-order valence-electron chi connectivity index (χ0n) is 10.2. The van der Waals surface area contributed by atoms with Gasteiger partial charge in [0.05, 0.1) is 11.0 Å². The molecule has 0 bridgehead atoms. The molecule has 0 fully saturated rings. The lowest BCUT2D eigenvalue weighted by molar-refractivity contribution is -0.385. The van der Waals surface area contributed by atoms with Crippen molar-refractivity contribution >= 4 is 29.2 Å². The summed E-state index contributed by atoms with van der Waals surface area (Å²) in [6.07, 6.45) is -1.37. The number of amides is 1. The van der Waals surface area contributed by atoms with Crippen LogP contribution in [0.2, 0.25) is 5.02 Å². The van der Waals surface area contributed by atoms with Gasteiger partial charge in [-0.3, -0.25) is 14.9 Å². The number of para-hydroxylation sites is 1. The number of nitrogens with zero attached hydrogens (tertiary/aromatic N) is 1. The van der Waals surface area contributed by atoms with Crippen molar-refractivity contribution in [3.05, 3.63) is 38.9 Å². The molecule has 8 nitrogen and oxygen atoms in total. The molecule has 3 N–H and O–H groups in total. The maximum absolute atomic E-state index is 11.9. The fourth-order valence-corrected chi connectivity index (χ4v) is 1.74. The van der Waals surface area contributed by atoms with E-state index in [0.717, 1.165) is 6.07 Å². The maximum Gasteiger partial charge on any atom is 0.328 e. The predicted molar refractivity (Wildman–Crippen MR) is 68.7 cm³/mol. The second kappa shape index (κ2) is 6.31. The Balaban J connectivity index is 3.13. The van der Waals surface area contributed by atoms with Crippen molar-refractivity contribution in [2.45, 2.75) is 19.1 Å². The predicted octanol–water partition coefficient (Wildman–Crippen LogP) is 0.812. The molecule has 0 aliphatic rings. The van der Waals surface area contributed by atoms with Gasteiger partial charge in [-0.2, -0.15) is 0 Å². The van der Waals surface area contributed by atoms with E-state index in [1.807, 2.05) is 5.32 Å². The second-order valence-corrected chi connectivity index (χ2v) is 4.33. The van der Waals surface area contributed by atoms with Gasteiger partial charge in [0.1, 0.15) is 10.6 Å². The van der Waals surface area contributed by atoms with E-state index in [-0.39, 0.29) is 10.6 Å². The van der Waals surface area contributed by atoms with Gasteiger partial charge in [-0.15, -0.1) is 0 Å². The summed E-state index contributed by atoms with van der Waals surface area (Å²) in [7, 11) is 0. The molecule has 20 heavy (non-hydrogen) atoms. The Morgan fingerprint density at radius 1 is 1.45 bits per heavy atom. The van der Waals surface area contributed by atoms with Gasteiger partial charge in [-0.25, -0.2) is 4.79 Å². The fraction of sp³-hybridized carbons (Fsp3) is 0.273. The van der Waals surface area contributed by atoms with Crippen LogP contribution in [-0.4, -0.2) is 39.2 Å². The first-order valence-electron chi connectivity index (χ1n) is 5.40. The molecule has 2 atom stereocenters. The van der Waals surface area contributed by atoms with Crippen molar-refractivity contribution in [1.82, 2.24) is 5.32 Å². The van der Waals surface area contributed by atoms with Gasteiger partial charge in [-0.05, 0) is 19.1 Å². The van der Waals surface area contributed by atoms with Gasteiger partial charge >= 0.3 is 11.7 Å². The number of aliphatic hydroxyl groups excluding tert-OH is 1. The highest BCUT2D eigenvalue weighted by Gasteiger charge is 2.29. The van der Waals surface area contributed by atoms with Gasteiger partial charge in [0.2, 0.25) is 0 Å². The molecule has 0 aliphatic carbocycles. The highest BCUT2D eigenvalue weighted by molar-refractivity contribution is 6.33. The first-order valence-corrected chi connectivity index (χ1v) is 5.78. The topological polar surface area (TPSA) is 130 Å². The summed E-state index contributed by atoms with van der Waals surface area (Å²) in [5.74, 6) is -2.47. The lowest BCUT2D eigenvalue weighted by Crippen LogP contribution is -2.47. The van der Waals surface area contributed by atoms with E-state index >= 15 is 0 Å². The van der Waals surface area contributed by atoms with Crippen molar-refractivity contribution in [2.75, 3.05) is 0 Å². The van der Waals surface area contributed by atoms with Crippen LogP contribution in [-0.2, 0) is 4.79 Å². The van der Waals surface area contributed by atoms with Crippen molar-refractivity contribution in [3.63, 3.8) is 0 Å².